The largest absolute Gasteiger partial charge is 0.460 e. The van der Waals surface area contributed by atoms with E-state index in [2.05, 4.69) is 40.0 Å². The summed E-state index contributed by atoms with van der Waals surface area (Å²) in [5.41, 5.74) is 7.93. The number of nitrogen functional groups attached to an aromatic ring is 1. The van der Waals surface area contributed by atoms with Gasteiger partial charge in [-0.05, 0) is 46.7 Å². The summed E-state index contributed by atoms with van der Waals surface area (Å²) in [4.78, 5) is 14.2. The zero-order valence-electron chi connectivity index (χ0n) is 13.8. The van der Waals surface area contributed by atoms with Crippen LogP contribution in [0, 0.1) is 0 Å². The summed E-state index contributed by atoms with van der Waals surface area (Å²) in [6, 6.07) is 3.36. The standard InChI is InChI=1S/C16H26BrN3O3/c1-3-20(4-2)6-5-19-11-13-9-12(10-14(17)15(13)18)16(22)23-8-7-21/h9-10,19,21H,3-8,11,18H2,1-2H3. The van der Waals surface area contributed by atoms with E-state index >= 15 is 0 Å². The second-order valence-corrected chi connectivity index (χ2v) is 5.95. The Labute approximate surface area is 146 Å². The van der Waals surface area contributed by atoms with Crippen molar-refractivity contribution in [1.29, 1.82) is 0 Å². The molecule has 0 atom stereocenters. The third-order valence-electron chi connectivity index (χ3n) is 3.59. The molecule has 1 aromatic rings. The number of aliphatic hydroxyl groups is 1. The summed E-state index contributed by atoms with van der Waals surface area (Å²) in [6.07, 6.45) is 0. The number of nitrogens with zero attached hydrogens (tertiary/aromatic N) is 1. The van der Waals surface area contributed by atoms with Crippen molar-refractivity contribution < 1.29 is 14.6 Å². The zero-order chi connectivity index (χ0) is 17.2. The molecular weight excluding hydrogens is 362 g/mol. The van der Waals surface area contributed by atoms with Gasteiger partial charge in [0.1, 0.15) is 6.61 Å². The molecule has 23 heavy (non-hydrogen) atoms. The van der Waals surface area contributed by atoms with Crippen LogP contribution >= 0.6 is 15.9 Å². The molecule has 0 aliphatic rings. The van der Waals surface area contributed by atoms with Crippen LogP contribution < -0.4 is 11.1 Å². The summed E-state index contributed by atoms with van der Waals surface area (Å²) < 4.78 is 5.60. The summed E-state index contributed by atoms with van der Waals surface area (Å²) in [7, 11) is 0. The molecule has 0 aliphatic heterocycles. The first-order valence-electron chi connectivity index (χ1n) is 7.82. The van der Waals surface area contributed by atoms with E-state index < -0.39 is 5.97 Å². The fraction of sp³-hybridized carbons (Fsp3) is 0.562. The van der Waals surface area contributed by atoms with Gasteiger partial charge in [0.25, 0.3) is 0 Å². The number of likely N-dealkylation sites (N-methyl/N-ethyl adjacent to an activating group) is 1. The second-order valence-electron chi connectivity index (χ2n) is 5.09. The highest BCUT2D eigenvalue weighted by Crippen LogP contribution is 2.26. The number of anilines is 1. The van der Waals surface area contributed by atoms with Crippen molar-refractivity contribution >= 4 is 27.6 Å². The molecule has 0 spiro atoms. The number of hydrogen-bond acceptors (Lipinski definition) is 6. The third kappa shape index (κ3) is 6.47. The van der Waals surface area contributed by atoms with Gasteiger partial charge >= 0.3 is 5.97 Å². The van der Waals surface area contributed by atoms with Crippen LogP contribution in [0.25, 0.3) is 0 Å². The van der Waals surface area contributed by atoms with Gasteiger partial charge in [-0.25, -0.2) is 4.79 Å². The van der Waals surface area contributed by atoms with E-state index in [1.54, 1.807) is 12.1 Å². The molecule has 1 aromatic carbocycles. The van der Waals surface area contributed by atoms with Crippen LogP contribution in [0.2, 0.25) is 0 Å². The lowest BCUT2D eigenvalue weighted by atomic mass is 10.1. The molecule has 0 saturated heterocycles. The minimum atomic E-state index is -0.468. The highest BCUT2D eigenvalue weighted by molar-refractivity contribution is 9.10. The number of carbonyl (C=O) groups is 1. The molecule has 4 N–H and O–H groups in total. The Morgan fingerprint density at radius 1 is 1.39 bits per heavy atom. The fourth-order valence-electron chi connectivity index (χ4n) is 2.16. The third-order valence-corrected chi connectivity index (χ3v) is 4.25. The van der Waals surface area contributed by atoms with Crippen LogP contribution in [-0.4, -0.2) is 55.4 Å². The molecule has 0 fully saturated rings. The molecule has 0 bridgehead atoms. The Morgan fingerprint density at radius 3 is 2.70 bits per heavy atom. The molecule has 1 rings (SSSR count). The van der Waals surface area contributed by atoms with Crippen LogP contribution in [0.3, 0.4) is 0 Å². The van der Waals surface area contributed by atoms with Crippen LogP contribution in [0.1, 0.15) is 29.8 Å². The molecule has 0 unspecified atom stereocenters. The maximum atomic E-state index is 11.9. The average molecular weight is 388 g/mol. The number of carbonyl (C=O) groups excluding carboxylic acids is 1. The van der Waals surface area contributed by atoms with E-state index in [4.69, 9.17) is 15.6 Å². The molecule has 130 valence electrons. The minimum Gasteiger partial charge on any atom is -0.460 e. The number of aliphatic hydroxyl groups excluding tert-OH is 1. The van der Waals surface area contributed by atoms with Gasteiger partial charge in [-0.15, -0.1) is 0 Å². The number of hydrogen-bond donors (Lipinski definition) is 3. The lowest BCUT2D eigenvalue weighted by Gasteiger charge is -2.18. The number of ether oxygens (including phenoxy) is 1. The topological polar surface area (TPSA) is 87.8 Å². The van der Waals surface area contributed by atoms with Crippen molar-refractivity contribution in [3.8, 4) is 0 Å². The highest BCUT2D eigenvalue weighted by atomic mass is 79.9. The van der Waals surface area contributed by atoms with E-state index in [-0.39, 0.29) is 13.2 Å². The molecule has 0 aromatic heterocycles. The lowest BCUT2D eigenvalue weighted by Crippen LogP contribution is -2.31. The van der Waals surface area contributed by atoms with E-state index in [0.29, 0.717) is 22.3 Å². The number of benzene rings is 1. The van der Waals surface area contributed by atoms with Gasteiger partial charge in [0, 0.05) is 24.1 Å². The number of nitrogens with one attached hydrogen (secondary N) is 1. The summed E-state index contributed by atoms with van der Waals surface area (Å²) in [6.45, 7) is 8.51. The van der Waals surface area contributed by atoms with Gasteiger partial charge in [-0.3, -0.25) is 0 Å². The predicted octanol–water partition coefficient (Wildman–Crippen LogP) is 1.61. The monoisotopic (exact) mass is 387 g/mol. The highest BCUT2D eigenvalue weighted by Gasteiger charge is 2.13. The van der Waals surface area contributed by atoms with Crippen molar-refractivity contribution in [3.05, 3.63) is 27.7 Å². The Hall–Kier alpha value is -1.15. The van der Waals surface area contributed by atoms with Crippen LogP contribution in [0.4, 0.5) is 5.69 Å². The Balaban J connectivity index is 2.67. The van der Waals surface area contributed by atoms with Crippen molar-refractivity contribution in [1.82, 2.24) is 10.2 Å². The first-order chi connectivity index (χ1) is 11.0. The SMILES string of the molecule is CCN(CC)CCNCc1cc(C(=O)OCCO)cc(Br)c1N. The molecule has 0 radical (unpaired) electrons. The number of rotatable bonds is 10. The molecule has 6 nitrogen and oxygen atoms in total. The molecule has 0 aliphatic carbocycles. The quantitative estimate of drug-likeness (QED) is 0.321. The van der Waals surface area contributed by atoms with E-state index in [0.717, 1.165) is 31.7 Å². The van der Waals surface area contributed by atoms with Gasteiger partial charge in [0.15, 0.2) is 0 Å². The predicted molar refractivity (Wildman–Crippen MR) is 95.4 cm³/mol. The summed E-state index contributed by atoms with van der Waals surface area (Å²) >= 11 is 3.37. The number of nitrogens with two attached hydrogens (primary N) is 1. The normalized spacial score (nSPS) is 11.0. The average Bonchev–Trinajstić information content (AvgIpc) is 2.56. The van der Waals surface area contributed by atoms with Crippen molar-refractivity contribution in [2.24, 2.45) is 0 Å². The second kappa shape index (κ2) is 10.6. The van der Waals surface area contributed by atoms with Crippen molar-refractivity contribution in [2.75, 3.05) is 45.1 Å². The Kier molecular flexibility index (Phi) is 9.16. The maximum Gasteiger partial charge on any atom is 0.338 e. The Morgan fingerprint density at radius 2 is 2.09 bits per heavy atom. The molecule has 7 heteroatoms. The number of halogens is 1. The van der Waals surface area contributed by atoms with Gasteiger partial charge in [-0.2, -0.15) is 0 Å². The van der Waals surface area contributed by atoms with Crippen molar-refractivity contribution in [2.45, 2.75) is 20.4 Å². The molecule has 0 saturated carbocycles. The first-order valence-corrected chi connectivity index (χ1v) is 8.61. The number of esters is 1. The van der Waals surface area contributed by atoms with Gasteiger partial charge < -0.3 is 25.8 Å². The lowest BCUT2D eigenvalue weighted by molar-refractivity contribution is 0.0433. The minimum absolute atomic E-state index is 0.0156. The van der Waals surface area contributed by atoms with E-state index in [1.807, 2.05) is 0 Å². The smallest absolute Gasteiger partial charge is 0.338 e. The zero-order valence-corrected chi connectivity index (χ0v) is 15.4. The molecule has 0 heterocycles. The van der Waals surface area contributed by atoms with E-state index in [9.17, 15) is 4.79 Å². The summed E-state index contributed by atoms with van der Waals surface area (Å²) in [5, 5.41) is 12.1. The Bertz CT molecular complexity index is 508. The van der Waals surface area contributed by atoms with Gasteiger partial charge in [0.2, 0.25) is 0 Å². The fourth-order valence-corrected chi connectivity index (χ4v) is 2.66. The van der Waals surface area contributed by atoms with Crippen molar-refractivity contribution in [3.63, 3.8) is 0 Å². The van der Waals surface area contributed by atoms with Crippen LogP contribution in [0.5, 0.6) is 0 Å². The molecular formula is C16H26BrN3O3. The summed E-state index contributed by atoms with van der Waals surface area (Å²) in [5.74, 6) is -0.468. The van der Waals surface area contributed by atoms with Crippen LogP contribution in [-0.2, 0) is 11.3 Å². The van der Waals surface area contributed by atoms with Gasteiger partial charge in [-0.1, -0.05) is 13.8 Å². The van der Waals surface area contributed by atoms with E-state index in [1.165, 1.54) is 0 Å². The molecule has 0 amide bonds. The maximum absolute atomic E-state index is 11.9. The van der Waals surface area contributed by atoms with Crippen LogP contribution in [0.15, 0.2) is 16.6 Å². The van der Waals surface area contributed by atoms with Gasteiger partial charge in [0.05, 0.1) is 17.9 Å². The first kappa shape index (κ1) is 19.9.